The second-order valence-electron chi connectivity index (χ2n) is 7.61. The zero-order valence-corrected chi connectivity index (χ0v) is 16.4. The van der Waals surface area contributed by atoms with Crippen molar-refractivity contribution in [3.63, 3.8) is 0 Å². The summed E-state index contributed by atoms with van der Waals surface area (Å²) in [5, 5.41) is 0. The van der Waals surface area contributed by atoms with E-state index in [0.29, 0.717) is 11.3 Å². The molecular weight excluding hydrogens is 304 g/mol. The van der Waals surface area contributed by atoms with E-state index in [0.717, 1.165) is 12.8 Å². The SMILES string of the molecule is CCC1(CC)Oc2cc(C(C)(C)C)ccc2C(=O)C1O[Si](C)C. The molecule has 0 saturated heterocycles. The Labute approximate surface area is 142 Å². The summed E-state index contributed by atoms with van der Waals surface area (Å²) in [5.41, 5.74) is 1.31. The van der Waals surface area contributed by atoms with Gasteiger partial charge in [-0.1, -0.05) is 40.7 Å². The number of carbonyl (C=O) groups excluding carboxylic acids is 1. The van der Waals surface area contributed by atoms with Crippen LogP contribution in [0, 0.1) is 0 Å². The fourth-order valence-corrected chi connectivity index (χ4v) is 3.88. The molecule has 0 bridgehead atoms. The lowest BCUT2D eigenvalue weighted by Gasteiger charge is -2.43. The summed E-state index contributed by atoms with van der Waals surface area (Å²) in [6.07, 6.45) is 1.03. The molecule has 1 aromatic carbocycles. The van der Waals surface area contributed by atoms with E-state index in [1.165, 1.54) is 5.56 Å². The molecule has 2 rings (SSSR count). The standard InChI is InChI=1S/C19H29O3Si/c1-8-19(9-2)17(22-23(6)7)16(20)14-11-10-13(18(3,4)5)12-15(14)21-19/h10-12,17H,8-9H2,1-7H3. The Hall–Kier alpha value is -1.13. The largest absolute Gasteiger partial charge is 0.483 e. The van der Waals surface area contributed by atoms with Crippen molar-refractivity contribution in [2.75, 3.05) is 0 Å². The lowest BCUT2D eigenvalue weighted by molar-refractivity contribution is -0.0430. The minimum atomic E-state index is -0.990. The molecule has 3 nitrogen and oxygen atoms in total. The number of ketones is 1. The van der Waals surface area contributed by atoms with Crippen LogP contribution in [0.25, 0.3) is 0 Å². The van der Waals surface area contributed by atoms with Gasteiger partial charge < -0.3 is 9.16 Å². The van der Waals surface area contributed by atoms with Gasteiger partial charge in [0.2, 0.25) is 9.04 Å². The van der Waals surface area contributed by atoms with Gasteiger partial charge in [0.1, 0.15) is 17.5 Å². The van der Waals surface area contributed by atoms with Crippen LogP contribution in [0.3, 0.4) is 0 Å². The Balaban J connectivity index is 2.53. The zero-order chi connectivity index (χ0) is 17.4. The number of carbonyl (C=O) groups is 1. The van der Waals surface area contributed by atoms with Crippen LogP contribution in [-0.4, -0.2) is 26.5 Å². The summed E-state index contributed by atoms with van der Waals surface area (Å²) in [6, 6.07) is 5.97. The molecule has 1 atom stereocenters. The van der Waals surface area contributed by atoms with Gasteiger partial charge in [-0.25, -0.2) is 0 Å². The van der Waals surface area contributed by atoms with Crippen molar-refractivity contribution in [2.45, 2.75) is 77.7 Å². The first-order chi connectivity index (χ1) is 10.6. The summed E-state index contributed by atoms with van der Waals surface area (Å²) in [7, 11) is -0.990. The van der Waals surface area contributed by atoms with E-state index in [9.17, 15) is 4.79 Å². The summed E-state index contributed by atoms with van der Waals surface area (Å²) in [6.45, 7) is 14.8. The van der Waals surface area contributed by atoms with E-state index in [1.807, 2.05) is 18.2 Å². The molecule has 1 aliphatic rings. The Morgan fingerprint density at radius 2 is 1.83 bits per heavy atom. The highest BCUT2D eigenvalue weighted by molar-refractivity contribution is 6.48. The number of hydrogen-bond acceptors (Lipinski definition) is 3. The summed E-state index contributed by atoms with van der Waals surface area (Å²) in [5.74, 6) is 0.786. The molecule has 0 spiro atoms. The summed E-state index contributed by atoms with van der Waals surface area (Å²) in [4.78, 5) is 13.1. The monoisotopic (exact) mass is 333 g/mol. The third-order valence-corrected chi connectivity index (χ3v) is 5.40. The average molecular weight is 334 g/mol. The number of rotatable bonds is 4. The van der Waals surface area contributed by atoms with E-state index in [1.54, 1.807) is 0 Å². The molecule has 0 amide bonds. The first kappa shape index (κ1) is 18.2. The van der Waals surface area contributed by atoms with Crippen LogP contribution in [0.15, 0.2) is 18.2 Å². The molecule has 0 aliphatic carbocycles. The van der Waals surface area contributed by atoms with Gasteiger partial charge in [0.05, 0.1) is 5.56 Å². The fourth-order valence-electron chi connectivity index (χ4n) is 3.09. The first-order valence-electron chi connectivity index (χ1n) is 8.49. The highest BCUT2D eigenvalue weighted by Gasteiger charge is 2.48. The van der Waals surface area contributed by atoms with Crippen molar-refractivity contribution in [3.05, 3.63) is 29.3 Å². The second-order valence-corrected chi connectivity index (χ2v) is 9.66. The molecule has 127 valence electrons. The van der Waals surface area contributed by atoms with Crippen LogP contribution >= 0.6 is 0 Å². The molecule has 1 unspecified atom stereocenters. The zero-order valence-electron chi connectivity index (χ0n) is 15.4. The van der Waals surface area contributed by atoms with E-state index >= 15 is 0 Å². The van der Waals surface area contributed by atoms with Gasteiger partial charge in [-0.3, -0.25) is 4.79 Å². The lowest BCUT2D eigenvalue weighted by Crippen LogP contribution is -2.56. The maximum absolute atomic E-state index is 13.1. The molecule has 1 heterocycles. The van der Waals surface area contributed by atoms with Gasteiger partial charge in [0.25, 0.3) is 0 Å². The van der Waals surface area contributed by atoms with E-state index in [-0.39, 0.29) is 11.2 Å². The molecule has 0 N–H and O–H groups in total. The Morgan fingerprint density at radius 3 is 2.30 bits per heavy atom. The van der Waals surface area contributed by atoms with Crippen LogP contribution in [0.1, 0.15) is 63.4 Å². The van der Waals surface area contributed by atoms with E-state index < -0.39 is 20.7 Å². The number of hydrogen-bond donors (Lipinski definition) is 0. The Bertz CT molecular complexity index is 583. The van der Waals surface area contributed by atoms with Gasteiger partial charge in [-0.15, -0.1) is 0 Å². The maximum atomic E-state index is 13.1. The normalized spacial score (nSPS) is 20.3. The third-order valence-electron chi connectivity index (χ3n) is 4.69. The smallest absolute Gasteiger partial charge is 0.206 e. The van der Waals surface area contributed by atoms with E-state index in [4.69, 9.17) is 9.16 Å². The third kappa shape index (κ3) is 3.38. The molecule has 4 heteroatoms. The van der Waals surface area contributed by atoms with Gasteiger partial charge >= 0.3 is 0 Å². The number of Topliss-reactive ketones (excluding diaryl/α,β-unsaturated/α-hetero) is 1. The van der Waals surface area contributed by atoms with Crippen molar-refractivity contribution >= 4 is 14.8 Å². The molecule has 1 aliphatic heterocycles. The number of fused-ring (bicyclic) bond motifs is 1. The van der Waals surface area contributed by atoms with E-state index in [2.05, 4.69) is 47.7 Å². The van der Waals surface area contributed by atoms with Crippen LogP contribution in [0.5, 0.6) is 5.75 Å². The van der Waals surface area contributed by atoms with Crippen molar-refractivity contribution in [1.82, 2.24) is 0 Å². The first-order valence-corrected chi connectivity index (χ1v) is 10.9. The van der Waals surface area contributed by atoms with Crippen molar-refractivity contribution in [1.29, 1.82) is 0 Å². The highest BCUT2D eigenvalue weighted by atomic mass is 28.3. The fraction of sp³-hybridized carbons (Fsp3) is 0.632. The molecule has 1 aromatic rings. The van der Waals surface area contributed by atoms with Crippen molar-refractivity contribution < 1.29 is 14.0 Å². The Morgan fingerprint density at radius 1 is 1.22 bits per heavy atom. The minimum Gasteiger partial charge on any atom is -0.483 e. The molecule has 0 saturated carbocycles. The summed E-state index contributed by atoms with van der Waals surface area (Å²) < 4.78 is 12.5. The molecular formula is C19H29O3Si. The predicted molar refractivity (Wildman–Crippen MR) is 95.8 cm³/mol. The van der Waals surface area contributed by atoms with Crippen molar-refractivity contribution in [2.24, 2.45) is 0 Å². The average Bonchev–Trinajstić information content (AvgIpc) is 2.48. The quantitative estimate of drug-likeness (QED) is 0.746. The predicted octanol–water partition coefficient (Wildman–Crippen LogP) is 4.75. The summed E-state index contributed by atoms with van der Waals surface area (Å²) >= 11 is 0. The van der Waals surface area contributed by atoms with Crippen LogP contribution < -0.4 is 4.74 Å². The minimum absolute atomic E-state index is 0.0267. The number of benzene rings is 1. The van der Waals surface area contributed by atoms with Crippen LogP contribution in [0.2, 0.25) is 13.1 Å². The van der Waals surface area contributed by atoms with Crippen LogP contribution in [-0.2, 0) is 9.84 Å². The second kappa shape index (κ2) is 6.40. The van der Waals surface area contributed by atoms with Gasteiger partial charge in [0, 0.05) is 0 Å². The Kier molecular flexibility index (Phi) is 5.07. The number of ether oxygens (including phenoxy) is 1. The van der Waals surface area contributed by atoms with Crippen molar-refractivity contribution in [3.8, 4) is 5.75 Å². The molecule has 23 heavy (non-hydrogen) atoms. The van der Waals surface area contributed by atoms with Gasteiger partial charge in [-0.2, -0.15) is 0 Å². The lowest BCUT2D eigenvalue weighted by atomic mass is 9.81. The molecule has 1 radical (unpaired) electrons. The van der Waals surface area contributed by atoms with Gasteiger partial charge in [-0.05, 0) is 49.0 Å². The van der Waals surface area contributed by atoms with Gasteiger partial charge in [0.15, 0.2) is 5.78 Å². The highest BCUT2D eigenvalue weighted by Crippen LogP contribution is 2.41. The molecule has 0 fully saturated rings. The maximum Gasteiger partial charge on any atom is 0.206 e. The topological polar surface area (TPSA) is 35.5 Å². The molecule has 0 aromatic heterocycles. The van der Waals surface area contributed by atoms with Crippen LogP contribution in [0.4, 0.5) is 0 Å².